The van der Waals surface area contributed by atoms with E-state index in [-0.39, 0.29) is 18.4 Å². The van der Waals surface area contributed by atoms with Crippen LogP contribution in [0, 0.1) is 6.92 Å². The fourth-order valence-corrected chi connectivity index (χ4v) is 5.72. The van der Waals surface area contributed by atoms with E-state index in [1.165, 1.54) is 0 Å². The van der Waals surface area contributed by atoms with Crippen LogP contribution in [0.2, 0.25) is 0 Å². The highest BCUT2D eigenvalue weighted by molar-refractivity contribution is 7.89. The molecule has 2 heterocycles. The van der Waals surface area contributed by atoms with E-state index in [4.69, 9.17) is 0 Å². The molecule has 24 heavy (non-hydrogen) atoms. The van der Waals surface area contributed by atoms with Gasteiger partial charge in [0, 0.05) is 42.8 Å². The van der Waals surface area contributed by atoms with E-state index >= 15 is 0 Å². The van der Waals surface area contributed by atoms with Crippen molar-refractivity contribution >= 4 is 33.3 Å². The Bertz CT molecular complexity index is 811. The summed E-state index contributed by atoms with van der Waals surface area (Å²) in [5, 5.41) is 4.10. The van der Waals surface area contributed by atoms with Gasteiger partial charge in [0.1, 0.15) is 4.90 Å². The van der Waals surface area contributed by atoms with Gasteiger partial charge < -0.3 is 9.88 Å². The first kappa shape index (κ1) is 19.2. The van der Waals surface area contributed by atoms with E-state index in [1.54, 1.807) is 4.31 Å². The number of fused-ring (bicyclic) bond motifs is 1. The summed E-state index contributed by atoms with van der Waals surface area (Å²) in [6.07, 6.45) is 1.70. The molecule has 0 amide bonds. The molecule has 3 rings (SSSR count). The number of hydrogen-bond donors (Lipinski definition) is 1. The second-order valence-electron chi connectivity index (χ2n) is 6.25. The zero-order chi connectivity index (χ0) is 16.6. The summed E-state index contributed by atoms with van der Waals surface area (Å²) >= 11 is 0. The molecular weight excluding hydrogens is 346 g/mol. The summed E-state index contributed by atoms with van der Waals surface area (Å²) < 4.78 is 30.6. The van der Waals surface area contributed by atoms with Gasteiger partial charge in [-0.05, 0) is 32.4 Å². The van der Waals surface area contributed by atoms with Crippen LogP contribution in [0.15, 0.2) is 29.2 Å². The average Bonchev–Trinajstić information content (AvgIpc) is 3.13. The highest BCUT2D eigenvalue weighted by atomic mass is 35.5. The summed E-state index contributed by atoms with van der Waals surface area (Å²) in [6, 6.07) is 7.79. The van der Waals surface area contributed by atoms with Crippen LogP contribution >= 0.6 is 12.4 Å². The van der Waals surface area contributed by atoms with Crippen molar-refractivity contribution in [1.29, 1.82) is 0 Å². The third-order valence-electron chi connectivity index (χ3n) is 4.79. The first-order valence-corrected chi connectivity index (χ1v) is 9.69. The lowest BCUT2D eigenvalue weighted by Crippen LogP contribution is -2.42. The highest BCUT2D eigenvalue weighted by Gasteiger charge is 2.35. The van der Waals surface area contributed by atoms with Gasteiger partial charge in [-0.3, -0.25) is 0 Å². The zero-order valence-corrected chi connectivity index (χ0v) is 16.1. The van der Waals surface area contributed by atoms with Crippen molar-refractivity contribution in [3.8, 4) is 0 Å². The second kappa shape index (κ2) is 7.44. The number of rotatable bonds is 5. The Balaban J connectivity index is 0.00000208. The molecule has 1 fully saturated rings. The van der Waals surface area contributed by atoms with Gasteiger partial charge in [-0.2, -0.15) is 4.31 Å². The number of halogens is 1. The zero-order valence-electron chi connectivity index (χ0n) is 14.4. The van der Waals surface area contributed by atoms with Crippen LogP contribution in [-0.2, 0) is 17.1 Å². The minimum atomic E-state index is -3.51. The van der Waals surface area contributed by atoms with Crippen molar-refractivity contribution in [2.75, 3.05) is 19.6 Å². The monoisotopic (exact) mass is 371 g/mol. The molecule has 0 radical (unpaired) electrons. The van der Waals surface area contributed by atoms with Crippen LogP contribution in [0.3, 0.4) is 0 Å². The van der Waals surface area contributed by atoms with Crippen molar-refractivity contribution in [2.45, 2.75) is 37.6 Å². The maximum atomic E-state index is 13.4. The molecule has 7 heteroatoms. The van der Waals surface area contributed by atoms with E-state index in [0.717, 1.165) is 42.5 Å². The van der Waals surface area contributed by atoms with Crippen molar-refractivity contribution < 1.29 is 8.42 Å². The summed E-state index contributed by atoms with van der Waals surface area (Å²) in [4.78, 5) is 0.468. The molecule has 0 bridgehead atoms. The average molecular weight is 372 g/mol. The number of nitrogens with zero attached hydrogens (tertiary/aromatic N) is 2. The lowest BCUT2D eigenvalue weighted by Gasteiger charge is -2.27. The summed E-state index contributed by atoms with van der Waals surface area (Å²) in [5.74, 6) is 0. The number of aryl methyl sites for hydroxylation is 1. The smallest absolute Gasteiger partial charge is 0.245 e. The normalized spacial score (nSPS) is 18.2. The Morgan fingerprint density at radius 2 is 2.04 bits per heavy atom. The maximum Gasteiger partial charge on any atom is 0.245 e. The third-order valence-corrected chi connectivity index (χ3v) is 6.92. The number of aromatic nitrogens is 1. The largest absolute Gasteiger partial charge is 0.347 e. The summed E-state index contributed by atoms with van der Waals surface area (Å²) in [6.45, 7) is 6.11. The lowest BCUT2D eigenvalue weighted by atomic mass is 10.2. The standard InChI is InChI=1S/C17H25N3O2S.ClH/c1-4-11-20(14-9-10-18-12-14)23(21,22)17-13(2)19(3)16-8-6-5-7-15(16)17;/h5-8,14,18H,4,9-12H2,1-3H3;1H. The summed E-state index contributed by atoms with van der Waals surface area (Å²) in [5.41, 5.74) is 1.77. The third kappa shape index (κ3) is 3.08. The molecule has 1 saturated heterocycles. The van der Waals surface area contributed by atoms with Gasteiger partial charge in [0.05, 0.1) is 0 Å². The topological polar surface area (TPSA) is 54.3 Å². The van der Waals surface area contributed by atoms with E-state index < -0.39 is 10.0 Å². The number of benzene rings is 1. The van der Waals surface area contributed by atoms with Crippen molar-refractivity contribution in [2.24, 2.45) is 7.05 Å². The van der Waals surface area contributed by atoms with Gasteiger partial charge in [0.15, 0.2) is 0 Å². The first-order chi connectivity index (χ1) is 11.0. The van der Waals surface area contributed by atoms with E-state index in [0.29, 0.717) is 11.4 Å². The van der Waals surface area contributed by atoms with Gasteiger partial charge in [-0.15, -0.1) is 12.4 Å². The molecule has 2 aromatic rings. The van der Waals surface area contributed by atoms with Crippen LogP contribution in [0.1, 0.15) is 25.5 Å². The predicted octanol–water partition coefficient (Wildman–Crippen LogP) is 2.67. The molecule has 134 valence electrons. The van der Waals surface area contributed by atoms with Crippen LogP contribution < -0.4 is 5.32 Å². The molecule has 0 aliphatic carbocycles. The van der Waals surface area contributed by atoms with Crippen LogP contribution in [0.4, 0.5) is 0 Å². The molecule has 1 aromatic heterocycles. The van der Waals surface area contributed by atoms with Gasteiger partial charge in [-0.25, -0.2) is 8.42 Å². The Hall–Kier alpha value is -1.08. The van der Waals surface area contributed by atoms with Gasteiger partial charge in [-0.1, -0.05) is 25.1 Å². The van der Waals surface area contributed by atoms with Crippen molar-refractivity contribution in [3.63, 3.8) is 0 Å². The maximum absolute atomic E-state index is 13.4. The Kier molecular flexibility index (Phi) is 5.96. The predicted molar refractivity (Wildman–Crippen MR) is 100 cm³/mol. The minimum Gasteiger partial charge on any atom is -0.347 e. The molecule has 1 atom stereocenters. The van der Waals surface area contributed by atoms with Crippen LogP contribution in [0.25, 0.3) is 10.9 Å². The Morgan fingerprint density at radius 1 is 1.33 bits per heavy atom. The van der Waals surface area contributed by atoms with Gasteiger partial charge >= 0.3 is 0 Å². The van der Waals surface area contributed by atoms with E-state index in [2.05, 4.69) is 5.32 Å². The van der Waals surface area contributed by atoms with E-state index in [9.17, 15) is 8.42 Å². The van der Waals surface area contributed by atoms with Crippen molar-refractivity contribution in [3.05, 3.63) is 30.0 Å². The number of para-hydroxylation sites is 1. The molecule has 1 N–H and O–H groups in total. The molecule has 1 aliphatic rings. The SMILES string of the molecule is CCCN(C1CCNC1)S(=O)(=O)c1c(C)n(C)c2ccccc12.Cl. The molecule has 0 saturated carbocycles. The van der Waals surface area contributed by atoms with Crippen LogP contribution in [-0.4, -0.2) is 43.0 Å². The molecular formula is C17H26ClN3O2S. The van der Waals surface area contributed by atoms with E-state index in [1.807, 2.05) is 49.7 Å². The molecule has 0 spiro atoms. The molecule has 1 aliphatic heterocycles. The number of sulfonamides is 1. The van der Waals surface area contributed by atoms with Crippen molar-refractivity contribution in [1.82, 2.24) is 14.2 Å². The molecule has 1 unspecified atom stereocenters. The Labute approximate surface area is 150 Å². The fourth-order valence-electron chi connectivity index (χ4n) is 3.53. The Morgan fingerprint density at radius 3 is 2.67 bits per heavy atom. The minimum absolute atomic E-state index is 0. The van der Waals surface area contributed by atoms with Gasteiger partial charge in [0.25, 0.3) is 0 Å². The number of nitrogens with one attached hydrogen (secondary N) is 1. The summed E-state index contributed by atoms with van der Waals surface area (Å²) in [7, 11) is -1.58. The quantitative estimate of drug-likeness (QED) is 0.879. The van der Waals surface area contributed by atoms with Gasteiger partial charge in [0.2, 0.25) is 10.0 Å². The fraction of sp³-hybridized carbons (Fsp3) is 0.529. The number of hydrogen-bond acceptors (Lipinski definition) is 3. The molecule has 1 aromatic carbocycles. The second-order valence-corrected chi connectivity index (χ2v) is 8.08. The highest BCUT2D eigenvalue weighted by Crippen LogP contribution is 2.32. The lowest BCUT2D eigenvalue weighted by molar-refractivity contribution is 0.335. The van der Waals surface area contributed by atoms with Crippen LogP contribution in [0.5, 0.6) is 0 Å². The first-order valence-electron chi connectivity index (χ1n) is 8.25. The molecule has 5 nitrogen and oxygen atoms in total.